The van der Waals surface area contributed by atoms with Gasteiger partial charge in [-0.15, -0.1) is 0 Å². The molecule has 31 heavy (non-hydrogen) atoms. The third kappa shape index (κ3) is 3.89. The van der Waals surface area contributed by atoms with Crippen LogP contribution in [0, 0.1) is 11.2 Å². The Hall–Kier alpha value is -2.96. The summed E-state index contributed by atoms with van der Waals surface area (Å²) in [6.07, 6.45) is -4.21. The van der Waals surface area contributed by atoms with Crippen molar-refractivity contribution in [2.24, 2.45) is 5.41 Å². The number of ketones is 1. The largest absolute Gasteiger partial charge is 0.416 e. The van der Waals surface area contributed by atoms with Gasteiger partial charge in [-0.05, 0) is 41.7 Å². The van der Waals surface area contributed by atoms with Gasteiger partial charge in [-0.1, -0.05) is 38.1 Å². The van der Waals surface area contributed by atoms with Crippen molar-refractivity contribution in [3.63, 3.8) is 0 Å². The molecule has 0 aromatic heterocycles. The molecular formula is C24H21F4NO2. The molecule has 1 amide bonds. The zero-order chi connectivity index (χ0) is 22.6. The van der Waals surface area contributed by atoms with Gasteiger partial charge in [-0.25, -0.2) is 4.39 Å². The van der Waals surface area contributed by atoms with Crippen molar-refractivity contribution in [2.45, 2.75) is 45.2 Å². The second kappa shape index (κ2) is 7.32. The summed E-state index contributed by atoms with van der Waals surface area (Å²) in [6, 6.07) is 10.5. The van der Waals surface area contributed by atoms with Crippen molar-refractivity contribution in [2.75, 3.05) is 4.90 Å². The third-order valence-corrected chi connectivity index (χ3v) is 5.86. The van der Waals surface area contributed by atoms with Crippen LogP contribution in [0.25, 0.3) is 0 Å². The summed E-state index contributed by atoms with van der Waals surface area (Å²) < 4.78 is 54.4. The lowest BCUT2D eigenvalue weighted by atomic mass is 9.69. The molecule has 2 aromatic rings. The molecule has 1 aliphatic carbocycles. The summed E-state index contributed by atoms with van der Waals surface area (Å²) in [6.45, 7) is 3.74. The molecule has 4 rings (SSSR count). The fourth-order valence-electron chi connectivity index (χ4n) is 4.56. The van der Waals surface area contributed by atoms with Crippen LogP contribution in [-0.2, 0) is 15.8 Å². The molecule has 0 saturated carbocycles. The van der Waals surface area contributed by atoms with Crippen molar-refractivity contribution in [3.05, 3.63) is 76.7 Å². The normalized spacial score (nSPS) is 21.4. The van der Waals surface area contributed by atoms with E-state index in [1.807, 2.05) is 13.8 Å². The van der Waals surface area contributed by atoms with E-state index < -0.39 is 34.8 Å². The highest BCUT2D eigenvalue weighted by Gasteiger charge is 2.45. The molecule has 2 aliphatic rings. The van der Waals surface area contributed by atoms with Crippen molar-refractivity contribution in [3.8, 4) is 0 Å². The van der Waals surface area contributed by atoms with Crippen LogP contribution in [0.3, 0.4) is 0 Å². The van der Waals surface area contributed by atoms with Crippen molar-refractivity contribution in [1.82, 2.24) is 0 Å². The summed E-state index contributed by atoms with van der Waals surface area (Å²) in [5.74, 6) is -1.94. The van der Waals surface area contributed by atoms with Crippen LogP contribution in [0.5, 0.6) is 0 Å². The maximum atomic E-state index is 14.6. The highest BCUT2D eigenvalue weighted by Crippen LogP contribution is 2.48. The number of benzene rings is 2. The maximum absolute atomic E-state index is 14.6. The molecule has 1 aliphatic heterocycles. The molecular weight excluding hydrogens is 410 g/mol. The predicted molar refractivity (Wildman–Crippen MR) is 108 cm³/mol. The van der Waals surface area contributed by atoms with Crippen molar-refractivity contribution >= 4 is 17.4 Å². The lowest BCUT2D eigenvalue weighted by molar-refractivity contribution is -0.137. The number of carbonyl (C=O) groups is 2. The molecule has 2 aromatic carbocycles. The minimum absolute atomic E-state index is 0.0600. The molecule has 1 unspecified atom stereocenters. The van der Waals surface area contributed by atoms with Gasteiger partial charge in [0.1, 0.15) is 5.82 Å². The van der Waals surface area contributed by atoms with Gasteiger partial charge in [0, 0.05) is 35.7 Å². The van der Waals surface area contributed by atoms with E-state index in [0.717, 1.165) is 12.1 Å². The number of carbonyl (C=O) groups excluding carboxylic acids is 2. The fourth-order valence-corrected chi connectivity index (χ4v) is 4.56. The highest BCUT2D eigenvalue weighted by molar-refractivity contribution is 6.07. The van der Waals surface area contributed by atoms with Gasteiger partial charge in [0.15, 0.2) is 5.78 Å². The Morgan fingerprint density at radius 1 is 1.00 bits per heavy atom. The minimum atomic E-state index is -4.57. The maximum Gasteiger partial charge on any atom is 0.416 e. The van der Waals surface area contributed by atoms with Gasteiger partial charge in [-0.2, -0.15) is 13.2 Å². The van der Waals surface area contributed by atoms with Crippen LogP contribution in [0.1, 0.15) is 50.2 Å². The first-order valence-electron chi connectivity index (χ1n) is 9.99. The van der Waals surface area contributed by atoms with E-state index in [1.165, 1.54) is 29.2 Å². The quantitative estimate of drug-likeness (QED) is 0.547. The van der Waals surface area contributed by atoms with E-state index in [4.69, 9.17) is 0 Å². The van der Waals surface area contributed by atoms with Gasteiger partial charge in [0.25, 0.3) is 0 Å². The van der Waals surface area contributed by atoms with Crippen LogP contribution < -0.4 is 4.90 Å². The molecule has 162 valence electrons. The van der Waals surface area contributed by atoms with E-state index in [9.17, 15) is 27.2 Å². The standard InChI is InChI=1S/C24H21F4NO2/c1-23(2)12-19-22(20(30)13-23)17(16-8-3-4-9-18(16)25)11-21(31)29(19)15-7-5-6-14(10-15)24(26,27)28/h3-10,17H,11-13H2,1-2H3. The van der Waals surface area contributed by atoms with Crippen molar-refractivity contribution in [1.29, 1.82) is 0 Å². The Bertz CT molecular complexity index is 1100. The number of amides is 1. The van der Waals surface area contributed by atoms with Gasteiger partial charge in [-0.3, -0.25) is 14.5 Å². The first-order chi connectivity index (χ1) is 14.5. The Balaban J connectivity index is 1.91. The van der Waals surface area contributed by atoms with E-state index in [-0.39, 0.29) is 29.9 Å². The van der Waals surface area contributed by atoms with E-state index in [0.29, 0.717) is 17.7 Å². The highest BCUT2D eigenvalue weighted by atomic mass is 19.4. The molecule has 0 bridgehead atoms. The predicted octanol–water partition coefficient (Wildman–Crippen LogP) is 6.01. The van der Waals surface area contributed by atoms with E-state index >= 15 is 0 Å². The average Bonchev–Trinajstić information content (AvgIpc) is 2.66. The zero-order valence-electron chi connectivity index (χ0n) is 17.1. The summed E-state index contributed by atoms with van der Waals surface area (Å²) in [5, 5.41) is 0. The Labute approximate surface area is 177 Å². The summed E-state index contributed by atoms with van der Waals surface area (Å²) in [4.78, 5) is 27.6. The number of rotatable bonds is 2. The van der Waals surface area contributed by atoms with E-state index in [2.05, 4.69) is 0 Å². The van der Waals surface area contributed by atoms with Crippen LogP contribution in [0.4, 0.5) is 23.2 Å². The Kier molecular flexibility index (Phi) is 5.03. The monoisotopic (exact) mass is 431 g/mol. The summed E-state index contributed by atoms with van der Waals surface area (Å²) >= 11 is 0. The van der Waals surface area contributed by atoms with Gasteiger partial charge in [0.05, 0.1) is 5.56 Å². The zero-order valence-corrected chi connectivity index (χ0v) is 17.1. The molecule has 7 heteroatoms. The van der Waals surface area contributed by atoms with Gasteiger partial charge >= 0.3 is 6.18 Å². The second-order valence-electron chi connectivity index (χ2n) is 8.86. The number of alkyl halides is 3. The number of hydrogen-bond acceptors (Lipinski definition) is 2. The molecule has 0 spiro atoms. The molecule has 0 radical (unpaired) electrons. The molecule has 0 fully saturated rings. The van der Waals surface area contributed by atoms with Gasteiger partial charge < -0.3 is 0 Å². The lowest BCUT2D eigenvalue weighted by Gasteiger charge is -2.43. The topological polar surface area (TPSA) is 37.4 Å². The average molecular weight is 431 g/mol. The number of hydrogen-bond donors (Lipinski definition) is 0. The second-order valence-corrected chi connectivity index (χ2v) is 8.86. The van der Waals surface area contributed by atoms with Crippen LogP contribution in [0.15, 0.2) is 59.8 Å². The van der Waals surface area contributed by atoms with Crippen molar-refractivity contribution < 1.29 is 27.2 Å². The molecule has 1 atom stereocenters. The molecule has 3 nitrogen and oxygen atoms in total. The Morgan fingerprint density at radius 3 is 2.39 bits per heavy atom. The lowest BCUT2D eigenvalue weighted by Crippen LogP contribution is -2.44. The van der Waals surface area contributed by atoms with Crippen LogP contribution in [-0.4, -0.2) is 11.7 Å². The Morgan fingerprint density at radius 2 is 1.71 bits per heavy atom. The number of allylic oxidation sites excluding steroid dienone is 2. The minimum Gasteiger partial charge on any atom is -0.294 e. The first kappa shape index (κ1) is 21.3. The van der Waals surface area contributed by atoms with Crippen LogP contribution in [0.2, 0.25) is 0 Å². The number of halogens is 4. The number of Topliss-reactive ketones (excluding diaryl/α,β-unsaturated/α-hetero) is 1. The summed E-state index contributed by atoms with van der Waals surface area (Å²) in [5.41, 5.74) is -0.360. The fraction of sp³-hybridized carbons (Fsp3) is 0.333. The third-order valence-electron chi connectivity index (χ3n) is 5.86. The molecule has 1 heterocycles. The first-order valence-corrected chi connectivity index (χ1v) is 9.99. The SMILES string of the molecule is CC1(C)CC(=O)C2=C(C1)N(c1cccc(C(F)(F)F)c1)C(=O)CC2c1ccccc1F. The number of anilines is 1. The van der Waals surface area contributed by atoms with Gasteiger partial charge in [0.2, 0.25) is 5.91 Å². The summed E-state index contributed by atoms with van der Waals surface area (Å²) in [7, 11) is 0. The molecule has 0 saturated heterocycles. The van der Waals surface area contributed by atoms with Crippen LogP contribution >= 0.6 is 0 Å². The van der Waals surface area contributed by atoms with E-state index in [1.54, 1.807) is 12.1 Å². The smallest absolute Gasteiger partial charge is 0.294 e. The number of nitrogens with zero attached hydrogens (tertiary/aromatic N) is 1. The molecule has 0 N–H and O–H groups in total.